The number of halogens is 1. The van der Waals surface area contributed by atoms with Gasteiger partial charge in [-0.05, 0) is 43.4 Å². The third-order valence-corrected chi connectivity index (χ3v) is 3.94. The fourth-order valence-electron chi connectivity index (χ4n) is 2.70. The minimum absolute atomic E-state index is 0.379. The van der Waals surface area contributed by atoms with Crippen molar-refractivity contribution in [3.05, 3.63) is 0 Å². The van der Waals surface area contributed by atoms with Crippen molar-refractivity contribution in [2.75, 3.05) is 0 Å². The summed E-state index contributed by atoms with van der Waals surface area (Å²) in [7, 11) is 0. The van der Waals surface area contributed by atoms with E-state index in [1.54, 1.807) is 0 Å². The standard InChI is InChI=1S/C12H23F/c1-4-7-12(8-6-10(12)3)9-11(13)5-2/h10-11H,4-9H2,1-3H3/t10?,11-,12?/m1/s1. The lowest BCUT2D eigenvalue weighted by molar-refractivity contribution is -0.00186. The molecular formula is C12H23F. The topological polar surface area (TPSA) is 0 Å². The number of hydrogen-bond donors (Lipinski definition) is 0. The molecule has 1 saturated carbocycles. The summed E-state index contributed by atoms with van der Waals surface area (Å²) in [5.74, 6) is 0.761. The molecule has 1 aliphatic carbocycles. The lowest BCUT2D eigenvalue weighted by Gasteiger charge is -2.49. The van der Waals surface area contributed by atoms with Crippen molar-refractivity contribution in [1.29, 1.82) is 0 Å². The van der Waals surface area contributed by atoms with Crippen LogP contribution in [0.1, 0.15) is 59.3 Å². The van der Waals surface area contributed by atoms with Crippen molar-refractivity contribution in [2.45, 2.75) is 65.5 Å². The fourth-order valence-corrected chi connectivity index (χ4v) is 2.70. The predicted octanol–water partition coefficient (Wildman–Crippen LogP) is 4.34. The third kappa shape index (κ3) is 2.24. The van der Waals surface area contributed by atoms with Crippen LogP contribution >= 0.6 is 0 Å². The van der Waals surface area contributed by atoms with Gasteiger partial charge < -0.3 is 0 Å². The maximum atomic E-state index is 13.3. The Kier molecular flexibility index (Phi) is 3.75. The average Bonchev–Trinajstić information content (AvgIpc) is 2.14. The van der Waals surface area contributed by atoms with Crippen LogP contribution in [0.4, 0.5) is 4.39 Å². The van der Waals surface area contributed by atoms with Crippen LogP contribution < -0.4 is 0 Å². The van der Waals surface area contributed by atoms with Gasteiger partial charge in [0.05, 0.1) is 0 Å². The zero-order valence-electron chi connectivity index (χ0n) is 9.28. The molecule has 0 saturated heterocycles. The first-order chi connectivity index (χ1) is 6.14. The molecule has 78 valence electrons. The summed E-state index contributed by atoms with van der Waals surface area (Å²) < 4.78 is 13.3. The van der Waals surface area contributed by atoms with E-state index in [1.807, 2.05) is 6.92 Å². The number of hydrogen-bond acceptors (Lipinski definition) is 0. The Labute approximate surface area is 81.9 Å². The van der Waals surface area contributed by atoms with Crippen molar-refractivity contribution in [3.8, 4) is 0 Å². The van der Waals surface area contributed by atoms with Crippen LogP contribution in [-0.4, -0.2) is 6.17 Å². The molecule has 0 aliphatic heterocycles. The van der Waals surface area contributed by atoms with Crippen molar-refractivity contribution in [1.82, 2.24) is 0 Å². The molecule has 3 atom stereocenters. The van der Waals surface area contributed by atoms with E-state index >= 15 is 0 Å². The second kappa shape index (κ2) is 4.43. The van der Waals surface area contributed by atoms with E-state index in [0.717, 1.165) is 12.3 Å². The van der Waals surface area contributed by atoms with Crippen LogP contribution in [0.3, 0.4) is 0 Å². The van der Waals surface area contributed by atoms with Gasteiger partial charge in [0.1, 0.15) is 6.17 Å². The molecule has 0 spiro atoms. The Balaban J connectivity index is 2.47. The molecule has 0 nitrogen and oxygen atoms in total. The minimum Gasteiger partial charge on any atom is -0.247 e. The molecule has 13 heavy (non-hydrogen) atoms. The molecule has 1 fully saturated rings. The number of rotatable bonds is 5. The first-order valence-electron chi connectivity index (χ1n) is 5.78. The molecule has 0 bridgehead atoms. The Morgan fingerprint density at radius 2 is 2.15 bits per heavy atom. The summed E-state index contributed by atoms with van der Waals surface area (Å²) in [4.78, 5) is 0. The first-order valence-corrected chi connectivity index (χ1v) is 5.78. The highest BCUT2D eigenvalue weighted by Crippen LogP contribution is 2.53. The third-order valence-electron chi connectivity index (χ3n) is 3.94. The molecule has 0 amide bonds. The van der Waals surface area contributed by atoms with Crippen LogP contribution in [0, 0.1) is 11.3 Å². The van der Waals surface area contributed by atoms with E-state index < -0.39 is 6.17 Å². The van der Waals surface area contributed by atoms with Crippen molar-refractivity contribution >= 4 is 0 Å². The van der Waals surface area contributed by atoms with Crippen LogP contribution in [0.25, 0.3) is 0 Å². The van der Waals surface area contributed by atoms with Crippen molar-refractivity contribution < 1.29 is 4.39 Å². The smallest absolute Gasteiger partial charge is 0.100 e. The molecule has 0 heterocycles. The quantitative estimate of drug-likeness (QED) is 0.599. The van der Waals surface area contributed by atoms with E-state index in [1.165, 1.54) is 25.7 Å². The molecule has 1 rings (SSSR count). The minimum atomic E-state index is -0.561. The van der Waals surface area contributed by atoms with E-state index in [4.69, 9.17) is 0 Å². The fraction of sp³-hybridized carbons (Fsp3) is 1.00. The predicted molar refractivity (Wildman–Crippen MR) is 55.5 cm³/mol. The Morgan fingerprint density at radius 1 is 1.46 bits per heavy atom. The van der Waals surface area contributed by atoms with E-state index in [2.05, 4.69) is 13.8 Å². The van der Waals surface area contributed by atoms with Gasteiger partial charge >= 0.3 is 0 Å². The normalized spacial score (nSPS) is 35.5. The summed E-state index contributed by atoms with van der Waals surface area (Å²) in [5.41, 5.74) is 0.379. The number of alkyl halides is 1. The summed E-state index contributed by atoms with van der Waals surface area (Å²) in [6.07, 6.45) is 5.97. The molecule has 0 aromatic carbocycles. The highest BCUT2D eigenvalue weighted by atomic mass is 19.1. The highest BCUT2D eigenvalue weighted by Gasteiger charge is 2.43. The molecule has 0 aromatic heterocycles. The van der Waals surface area contributed by atoms with Crippen molar-refractivity contribution in [3.63, 3.8) is 0 Å². The molecule has 1 aliphatic rings. The molecule has 0 radical (unpaired) electrons. The lowest BCUT2D eigenvalue weighted by Crippen LogP contribution is -2.40. The van der Waals surface area contributed by atoms with Gasteiger partial charge in [-0.3, -0.25) is 0 Å². The molecular weight excluding hydrogens is 163 g/mol. The summed E-state index contributed by atoms with van der Waals surface area (Å²) in [5, 5.41) is 0. The van der Waals surface area contributed by atoms with Gasteiger partial charge in [0.15, 0.2) is 0 Å². The van der Waals surface area contributed by atoms with Gasteiger partial charge in [-0.25, -0.2) is 4.39 Å². The SMILES string of the molecule is CCCC1(C[C@H](F)CC)CCC1C. The van der Waals surface area contributed by atoms with Crippen LogP contribution in [0.15, 0.2) is 0 Å². The van der Waals surface area contributed by atoms with Gasteiger partial charge in [0.2, 0.25) is 0 Å². The van der Waals surface area contributed by atoms with Gasteiger partial charge in [-0.1, -0.05) is 27.2 Å². The maximum absolute atomic E-state index is 13.3. The van der Waals surface area contributed by atoms with Gasteiger partial charge in [0.25, 0.3) is 0 Å². The largest absolute Gasteiger partial charge is 0.247 e. The van der Waals surface area contributed by atoms with Crippen molar-refractivity contribution in [2.24, 2.45) is 11.3 Å². The Hall–Kier alpha value is -0.0700. The highest BCUT2D eigenvalue weighted by molar-refractivity contribution is 4.94. The van der Waals surface area contributed by atoms with Crippen LogP contribution in [0.2, 0.25) is 0 Å². The molecule has 0 N–H and O–H groups in total. The van der Waals surface area contributed by atoms with Gasteiger partial charge in [0, 0.05) is 0 Å². The van der Waals surface area contributed by atoms with E-state index in [9.17, 15) is 4.39 Å². The van der Waals surface area contributed by atoms with Gasteiger partial charge in [-0.15, -0.1) is 0 Å². The summed E-state index contributed by atoms with van der Waals surface area (Å²) >= 11 is 0. The second-order valence-corrected chi connectivity index (χ2v) is 4.76. The summed E-state index contributed by atoms with van der Waals surface area (Å²) in [6, 6.07) is 0. The summed E-state index contributed by atoms with van der Waals surface area (Å²) in [6.45, 7) is 6.46. The maximum Gasteiger partial charge on any atom is 0.100 e. The average molecular weight is 186 g/mol. The van der Waals surface area contributed by atoms with Gasteiger partial charge in [-0.2, -0.15) is 0 Å². The zero-order valence-corrected chi connectivity index (χ0v) is 9.28. The van der Waals surface area contributed by atoms with Crippen LogP contribution in [0.5, 0.6) is 0 Å². The second-order valence-electron chi connectivity index (χ2n) is 4.76. The zero-order chi connectivity index (χ0) is 9.90. The van der Waals surface area contributed by atoms with E-state index in [0.29, 0.717) is 11.8 Å². The van der Waals surface area contributed by atoms with E-state index in [-0.39, 0.29) is 0 Å². The van der Waals surface area contributed by atoms with Crippen LogP contribution in [-0.2, 0) is 0 Å². The first kappa shape index (κ1) is 11.0. The lowest BCUT2D eigenvalue weighted by atomic mass is 9.56. The Morgan fingerprint density at radius 3 is 2.46 bits per heavy atom. The monoisotopic (exact) mass is 186 g/mol. The molecule has 1 heteroatoms. The molecule has 2 unspecified atom stereocenters. The Bertz CT molecular complexity index is 155. The molecule has 0 aromatic rings.